The van der Waals surface area contributed by atoms with Crippen LogP contribution in [0.4, 0.5) is 0 Å². The first-order valence-corrected chi connectivity index (χ1v) is 5.79. The summed E-state index contributed by atoms with van der Waals surface area (Å²) >= 11 is 0. The van der Waals surface area contributed by atoms with Crippen LogP contribution in [0.2, 0.25) is 0 Å². The van der Waals surface area contributed by atoms with E-state index in [9.17, 15) is 4.79 Å². The Bertz CT molecular complexity index is 237. The van der Waals surface area contributed by atoms with Crippen LogP contribution in [0.3, 0.4) is 0 Å². The Hall–Kier alpha value is -0.650. The molecule has 0 aliphatic carbocycles. The highest BCUT2D eigenvalue weighted by molar-refractivity contribution is 5.72. The van der Waals surface area contributed by atoms with Crippen LogP contribution in [0.25, 0.3) is 0 Å². The lowest BCUT2D eigenvalue weighted by atomic mass is 10.1. The maximum Gasteiger partial charge on any atom is 0.332 e. The zero-order chi connectivity index (χ0) is 11.4. The van der Waals surface area contributed by atoms with Gasteiger partial charge in [-0.15, -0.1) is 0 Å². The highest BCUT2D eigenvalue weighted by Crippen LogP contribution is 2.20. The zero-order valence-electron chi connectivity index (χ0n) is 9.26. The maximum atomic E-state index is 10.6. The molecule has 2 aliphatic heterocycles. The molecule has 0 aromatic rings. The van der Waals surface area contributed by atoms with Gasteiger partial charge in [0.25, 0.3) is 0 Å². The molecule has 0 saturated carbocycles. The lowest BCUT2D eigenvalue weighted by Gasteiger charge is -2.13. The number of ether oxygens (including phenoxy) is 3. The summed E-state index contributed by atoms with van der Waals surface area (Å²) in [4.78, 5) is 10.6. The minimum Gasteiger partial charge on any atom is -0.479 e. The van der Waals surface area contributed by atoms with Crippen LogP contribution in [-0.4, -0.2) is 49.7 Å². The van der Waals surface area contributed by atoms with Crippen LogP contribution in [-0.2, 0) is 19.0 Å². The zero-order valence-corrected chi connectivity index (χ0v) is 9.26. The first kappa shape index (κ1) is 11.8. The summed E-state index contributed by atoms with van der Waals surface area (Å²) in [6.45, 7) is 2.80. The molecular weight excluding hydrogens is 212 g/mol. The Morgan fingerprint density at radius 1 is 1.31 bits per heavy atom. The SMILES string of the molecule is O=C(O)C1CCC(COCC2CCOC2)O1. The molecule has 2 aliphatic rings. The van der Waals surface area contributed by atoms with Gasteiger partial charge in [-0.05, 0) is 19.3 Å². The standard InChI is InChI=1S/C11H18O5/c12-11(13)10-2-1-9(16-10)7-15-6-8-3-4-14-5-8/h8-10H,1-7H2,(H,12,13). The van der Waals surface area contributed by atoms with Gasteiger partial charge < -0.3 is 19.3 Å². The van der Waals surface area contributed by atoms with Gasteiger partial charge >= 0.3 is 5.97 Å². The molecule has 92 valence electrons. The molecule has 0 spiro atoms. The van der Waals surface area contributed by atoms with Crippen molar-refractivity contribution in [3.63, 3.8) is 0 Å². The van der Waals surface area contributed by atoms with Crippen LogP contribution in [0.1, 0.15) is 19.3 Å². The highest BCUT2D eigenvalue weighted by Gasteiger charge is 2.30. The van der Waals surface area contributed by atoms with Crippen molar-refractivity contribution in [2.24, 2.45) is 5.92 Å². The molecule has 0 aromatic heterocycles. The number of rotatable bonds is 5. The predicted molar refractivity (Wildman–Crippen MR) is 55.3 cm³/mol. The van der Waals surface area contributed by atoms with Crippen molar-refractivity contribution in [2.75, 3.05) is 26.4 Å². The van der Waals surface area contributed by atoms with E-state index in [4.69, 9.17) is 19.3 Å². The second kappa shape index (κ2) is 5.61. The molecule has 2 fully saturated rings. The lowest BCUT2D eigenvalue weighted by Crippen LogP contribution is -2.23. The third kappa shape index (κ3) is 3.17. The molecule has 2 heterocycles. The minimum atomic E-state index is -0.869. The second-order valence-electron chi connectivity index (χ2n) is 4.43. The van der Waals surface area contributed by atoms with Gasteiger partial charge in [0, 0.05) is 12.5 Å². The molecule has 0 bridgehead atoms. The van der Waals surface area contributed by atoms with Crippen molar-refractivity contribution in [3.05, 3.63) is 0 Å². The van der Waals surface area contributed by atoms with Crippen molar-refractivity contribution in [3.8, 4) is 0 Å². The molecule has 2 saturated heterocycles. The lowest BCUT2D eigenvalue weighted by molar-refractivity contribution is -0.150. The minimum absolute atomic E-state index is 0.0524. The normalized spacial score (nSPS) is 34.4. The smallest absolute Gasteiger partial charge is 0.332 e. The quantitative estimate of drug-likeness (QED) is 0.752. The summed E-state index contributed by atoms with van der Waals surface area (Å²) in [7, 11) is 0. The molecule has 2 rings (SSSR count). The van der Waals surface area contributed by atoms with Crippen LogP contribution in [0.5, 0.6) is 0 Å². The van der Waals surface area contributed by atoms with E-state index in [1.807, 2.05) is 0 Å². The van der Waals surface area contributed by atoms with E-state index in [-0.39, 0.29) is 6.10 Å². The molecule has 3 atom stereocenters. The first-order valence-electron chi connectivity index (χ1n) is 5.79. The van der Waals surface area contributed by atoms with E-state index in [0.717, 1.165) is 26.1 Å². The van der Waals surface area contributed by atoms with Gasteiger partial charge in [-0.1, -0.05) is 0 Å². The van der Waals surface area contributed by atoms with Gasteiger partial charge in [-0.3, -0.25) is 0 Å². The molecule has 16 heavy (non-hydrogen) atoms. The topological polar surface area (TPSA) is 65.0 Å². The monoisotopic (exact) mass is 230 g/mol. The van der Waals surface area contributed by atoms with Gasteiger partial charge in [0.1, 0.15) is 0 Å². The van der Waals surface area contributed by atoms with Crippen LogP contribution >= 0.6 is 0 Å². The number of hydrogen-bond donors (Lipinski definition) is 1. The van der Waals surface area contributed by atoms with E-state index in [0.29, 0.717) is 25.6 Å². The van der Waals surface area contributed by atoms with Crippen molar-refractivity contribution in [2.45, 2.75) is 31.5 Å². The van der Waals surface area contributed by atoms with Gasteiger partial charge in [-0.25, -0.2) is 4.79 Å². The fraction of sp³-hybridized carbons (Fsp3) is 0.909. The van der Waals surface area contributed by atoms with E-state index in [1.165, 1.54) is 0 Å². The fourth-order valence-corrected chi connectivity index (χ4v) is 2.09. The molecule has 5 heteroatoms. The highest BCUT2D eigenvalue weighted by atomic mass is 16.6. The fourth-order valence-electron chi connectivity index (χ4n) is 2.09. The van der Waals surface area contributed by atoms with Crippen molar-refractivity contribution >= 4 is 5.97 Å². The molecule has 0 amide bonds. The second-order valence-corrected chi connectivity index (χ2v) is 4.43. The Kier molecular flexibility index (Phi) is 4.15. The summed E-state index contributed by atoms with van der Waals surface area (Å²) in [6.07, 6.45) is 1.74. The first-order chi connectivity index (χ1) is 7.75. The van der Waals surface area contributed by atoms with Crippen LogP contribution in [0, 0.1) is 5.92 Å². The van der Waals surface area contributed by atoms with E-state index >= 15 is 0 Å². The summed E-state index contributed by atoms with van der Waals surface area (Å²) in [6, 6.07) is 0. The van der Waals surface area contributed by atoms with Crippen LogP contribution < -0.4 is 0 Å². The summed E-state index contributed by atoms with van der Waals surface area (Å²) in [5.41, 5.74) is 0. The number of carbonyl (C=O) groups is 1. The third-order valence-corrected chi connectivity index (χ3v) is 3.06. The number of aliphatic carboxylic acids is 1. The van der Waals surface area contributed by atoms with Crippen molar-refractivity contribution in [1.82, 2.24) is 0 Å². The Balaban J connectivity index is 1.58. The number of hydrogen-bond acceptors (Lipinski definition) is 4. The summed E-state index contributed by atoms with van der Waals surface area (Å²) in [5.74, 6) is -0.372. The molecule has 1 N–H and O–H groups in total. The largest absolute Gasteiger partial charge is 0.479 e. The van der Waals surface area contributed by atoms with Crippen LogP contribution in [0.15, 0.2) is 0 Å². The van der Waals surface area contributed by atoms with Crippen molar-refractivity contribution in [1.29, 1.82) is 0 Å². The van der Waals surface area contributed by atoms with Crippen molar-refractivity contribution < 1.29 is 24.1 Å². The molecule has 5 nitrogen and oxygen atoms in total. The van der Waals surface area contributed by atoms with Gasteiger partial charge in [0.05, 0.1) is 25.9 Å². The predicted octanol–water partition coefficient (Wildman–Crippen LogP) is 0.672. The molecule has 0 radical (unpaired) electrons. The summed E-state index contributed by atoms with van der Waals surface area (Å²) in [5, 5.41) is 8.75. The Morgan fingerprint density at radius 2 is 2.19 bits per heavy atom. The van der Waals surface area contributed by atoms with Gasteiger partial charge in [0.2, 0.25) is 0 Å². The number of carboxylic acid groups (broad SMARTS) is 1. The average Bonchev–Trinajstić information content (AvgIpc) is 2.87. The Labute approximate surface area is 94.7 Å². The van der Waals surface area contributed by atoms with Gasteiger partial charge in [0.15, 0.2) is 6.10 Å². The van der Waals surface area contributed by atoms with E-state index in [1.54, 1.807) is 0 Å². The molecule has 0 aromatic carbocycles. The van der Waals surface area contributed by atoms with E-state index < -0.39 is 12.1 Å². The summed E-state index contributed by atoms with van der Waals surface area (Å²) < 4.78 is 16.1. The Morgan fingerprint density at radius 3 is 2.81 bits per heavy atom. The molecule has 3 unspecified atom stereocenters. The average molecular weight is 230 g/mol. The van der Waals surface area contributed by atoms with Gasteiger partial charge in [-0.2, -0.15) is 0 Å². The van der Waals surface area contributed by atoms with E-state index in [2.05, 4.69) is 0 Å². The third-order valence-electron chi connectivity index (χ3n) is 3.06. The number of carboxylic acids is 1. The maximum absolute atomic E-state index is 10.6. The molecular formula is C11H18O5.